The van der Waals surface area contributed by atoms with Crippen LogP contribution >= 0.6 is 59.1 Å². The molecule has 0 radical (unpaired) electrons. The zero-order valence-electron chi connectivity index (χ0n) is 9.26. The first-order chi connectivity index (χ1) is 8.90. The van der Waals surface area contributed by atoms with E-state index in [0.29, 0.717) is 4.88 Å². The summed E-state index contributed by atoms with van der Waals surface area (Å²) in [5, 5.41) is 10.1. The van der Waals surface area contributed by atoms with Gasteiger partial charge < -0.3 is 5.11 Å². The van der Waals surface area contributed by atoms with Crippen LogP contribution in [-0.2, 0) is 6.42 Å². The van der Waals surface area contributed by atoms with Gasteiger partial charge in [0, 0.05) is 21.3 Å². The highest BCUT2D eigenvalue weighted by atomic mass is 79.9. The highest BCUT2D eigenvalue weighted by molar-refractivity contribution is 9.13. The van der Waals surface area contributed by atoms with Gasteiger partial charge in [-0.3, -0.25) is 0 Å². The molecule has 1 nitrogen and oxygen atoms in total. The van der Waals surface area contributed by atoms with Crippen LogP contribution in [-0.4, -0.2) is 5.11 Å². The van der Waals surface area contributed by atoms with Crippen LogP contribution in [0.1, 0.15) is 16.5 Å². The Labute approximate surface area is 138 Å². The Morgan fingerprint density at radius 2 is 1.84 bits per heavy atom. The number of thiophene rings is 1. The fourth-order valence-electron chi connectivity index (χ4n) is 1.58. The van der Waals surface area contributed by atoms with E-state index in [2.05, 4.69) is 47.8 Å². The van der Waals surface area contributed by atoms with Crippen LogP contribution in [0.4, 0.5) is 8.78 Å². The molecule has 0 fully saturated rings. The molecule has 0 saturated carbocycles. The zero-order chi connectivity index (χ0) is 14.2. The maximum atomic E-state index is 13.8. The van der Waals surface area contributed by atoms with Crippen LogP contribution in [0.3, 0.4) is 0 Å². The van der Waals surface area contributed by atoms with Crippen molar-refractivity contribution in [2.24, 2.45) is 0 Å². The van der Waals surface area contributed by atoms with Gasteiger partial charge in [-0.2, -0.15) is 0 Å². The van der Waals surface area contributed by atoms with E-state index in [1.807, 2.05) is 0 Å². The summed E-state index contributed by atoms with van der Waals surface area (Å²) in [5.74, 6) is -1.33. The molecule has 1 aromatic heterocycles. The van der Waals surface area contributed by atoms with E-state index in [1.165, 1.54) is 23.5 Å². The zero-order valence-corrected chi connectivity index (χ0v) is 14.8. The fraction of sp³-hybridized carbons (Fsp3) is 0.167. The number of benzene rings is 1. The van der Waals surface area contributed by atoms with E-state index in [9.17, 15) is 13.9 Å². The summed E-state index contributed by atoms with van der Waals surface area (Å²) in [6.45, 7) is 0. The molecule has 7 heteroatoms. The van der Waals surface area contributed by atoms with Crippen LogP contribution in [0.5, 0.6) is 0 Å². The van der Waals surface area contributed by atoms with Crippen molar-refractivity contribution in [2.75, 3.05) is 0 Å². The minimum absolute atomic E-state index is 0.115. The molecule has 0 aliphatic rings. The third kappa shape index (κ3) is 3.44. The molecule has 2 aromatic rings. The van der Waals surface area contributed by atoms with E-state index in [0.717, 1.165) is 8.26 Å². The smallest absolute Gasteiger partial charge is 0.143 e. The molecular weight excluding hydrogens is 470 g/mol. The summed E-state index contributed by atoms with van der Waals surface area (Å²) in [7, 11) is 0. The molecular formula is C12H7Br3F2OS. The summed E-state index contributed by atoms with van der Waals surface area (Å²) in [6, 6.07) is 4.21. The molecule has 1 unspecified atom stereocenters. The topological polar surface area (TPSA) is 20.2 Å². The lowest BCUT2D eigenvalue weighted by atomic mass is 10.1. The van der Waals surface area contributed by atoms with E-state index in [1.54, 1.807) is 6.07 Å². The van der Waals surface area contributed by atoms with Crippen LogP contribution < -0.4 is 0 Å². The largest absolute Gasteiger partial charge is 0.387 e. The summed E-state index contributed by atoms with van der Waals surface area (Å²) < 4.78 is 29.2. The molecule has 0 aliphatic carbocycles. The van der Waals surface area contributed by atoms with Crippen molar-refractivity contribution in [2.45, 2.75) is 12.5 Å². The van der Waals surface area contributed by atoms with Gasteiger partial charge in [0.2, 0.25) is 0 Å². The number of hydrogen-bond donors (Lipinski definition) is 1. The van der Waals surface area contributed by atoms with Crippen LogP contribution in [0, 0.1) is 11.6 Å². The third-order valence-corrected chi connectivity index (χ3v) is 6.50. The number of hydrogen-bond acceptors (Lipinski definition) is 2. The normalized spacial score (nSPS) is 12.7. The van der Waals surface area contributed by atoms with Crippen molar-refractivity contribution in [1.82, 2.24) is 0 Å². The molecule has 1 heterocycles. The molecule has 2 rings (SSSR count). The Balaban J connectivity index is 2.28. The molecule has 1 N–H and O–H groups in total. The molecule has 19 heavy (non-hydrogen) atoms. The number of rotatable bonds is 3. The average molecular weight is 477 g/mol. The van der Waals surface area contributed by atoms with Crippen LogP contribution in [0.25, 0.3) is 0 Å². The Hall–Kier alpha value is 0.180. The van der Waals surface area contributed by atoms with Gasteiger partial charge in [-0.25, -0.2) is 8.78 Å². The average Bonchev–Trinajstić information content (AvgIpc) is 2.70. The molecule has 102 valence electrons. The number of aliphatic hydroxyl groups excluding tert-OH is 1. The SMILES string of the molecule is OC(Cc1c(F)ccc(Br)c1F)c1cc(Br)c(Br)s1. The summed E-state index contributed by atoms with van der Waals surface area (Å²) in [5.41, 5.74) is -0.123. The second-order valence-electron chi connectivity index (χ2n) is 3.81. The molecule has 0 aliphatic heterocycles. The van der Waals surface area contributed by atoms with Crippen molar-refractivity contribution in [1.29, 1.82) is 0 Å². The van der Waals surface area contributed by atoms with Gasteiger partial charge in [0.15, 0.2) is 0 Å². The monoisotopic (exact) mass is 474 g/mol. The molecule has 0 spiro atoms. The molecule has 1 atom stereocenters. The van der Waals surface area contributed by atoms with E-state index < -0.39 is 17.7 Å². The quantitative estimate of drug-likeness (QED) is 0.572. The second kappa shape index (κ2) is 6.30. The first-order valence-electron chi connectivity index (χ1n) is 5.15. The minimum atomic E-state index is -0.953. The third-order valence-electron chi connectivity index (χ3n) is 2.53. The maximum Gasteiger partial charge on any atom is 0.143 e. The predicted octanol–water partition coefficient (Wildman–Crippen LogP) is 5.59. The fourth-order valence-corrected chi connectivity index (χ4v) is 4.02. The van der Waals surface area contributed by atoms with Crippen molar-refractivity contribution < 1.29 is 13.9 Å². The second-order valence-corrected chi connectivity index (χ2v) is 7.92. The van der Waals surface area contributed by atoms with Gasteiger partial charge in [-0.15, -0.1) is 11.3 Å². The predicted molar refractivity (Wildman–Crippen MR) is 82.4 cm³/mol. The van der Waals surface area contributed by atoms with Crippen LogP contribution in [0.2, 0.25) is 0 Å². The van der Waals surface area contributed by atoms with Gasteiger partial charge in [-0.1, -0.05) is 0 Å². The Kier molecular flexibility index (Phi) is 5.16. The lowest BCUT2D eigenvalue weighted by Gasteiger charge is -2.11. The minimum Gasteiger partial charge on any atom is -0.387 e. The summed E-state index contributed by atoms with van der Waals surface area (Å²) in [4.78, 5) is 0.637. The van der Waals surface area contributed by atoms with Crippen molar-refractivity contribution in [3.8, 4) is 0 Å². The van der Waals surface area contributed by atoms with Crippen LogP contribution in [0.15, 0.2) is 30.9 Å². The molecule has 0 saturated heterocycles. The Morgan fingerprint density at radius 1 is 1.16 bits per heavy atom. The standard InChI is InChI=1S/C12H7Br3F2OS/c13-6-1-2-8(16)5(11(6)17)3-9(18)10-4-7(14)12(15)19-10/h1-2,4,9,18H,3H2. The number of halogens is 5. The van der Waals surface area contributed by atoms with Gasteiger partial charge >= 0.3 is 0 Å². The lowest BCUT2D eigenvalue weighted by Crippen LogP contribution is -2.05. The first-order valence-corrected chi connectivity index (χ1v) is 8.35. The Morgan fingerprint density at radius 3 is 2.42 bits per heavy atom. The van der Waals surface area contributed by atoms with E-state index in [4.69, 9.17) is 0 Å². The van der Waals surface area contributed by atoms with Gasteiger partial charge in [0.25, 0.3) is 0 Å². The Bertz CT molecular complexity index is 596. The molecule has 0 bridgehead atoms. The van der Waals surface area contributed by atoms with E-state index >= 15 is 0 Å². The molecule has 0 amide bonds. The lowest BCUT2D eigenvalue weighted by molar-refractivity contribution is 0.179. The number of aliphatic hydroxyl groups is 1. The first kappa shape index (κ1) is 15.6. The highest BCUT2D eigenvalue weighted by Gasteiger charge is 2.19. The molecule has 1 aromatic carbocycles. The summed E-state index contributed by atoms with van der Waals surface area (Å²) >= 11 is 10.9. The summed E-state index contributed by atoms with van der Waals surface area (Å²) in [6.07, 6.45) is -1.07. The van der Waals surface area contributed by atoms with Crippen molar-refractivity contribution in [3.63, 3.8) is 0 Å². The van der Waals surface area contributed by atoms with E-state index in [-0.39, 0.29) is 16.5 Å². The van der Waals surface area contributed by atoms with Gasteiger partial charge in [0.05, 0.1) is 14.4 Å². The van der Waals surface area contributed by atoms with Crippen molar-refractivity contribution >= 4 is 59.1 Å². The maximum absolute atomic E-state index is 13.8. The highest BCUT2D eigenvalue weighted by Crippen LogP contribution is 2.37. The van der Waals surface area contributed by atoms with Gasteiger partial charge in [0.1, 0.15) is 11.6 Å². The van der Waals surface area contributed by atoms with Gasteiger partial charge in [-0.05, 0) is 66.0 Å². The van der Waals surface area contributed by atoms with Crippen molar-refractivity contribution in [3.05, 3.63) is 53.0 Å².